The summed E-state index contributed by atoms with van der Waals surface area (Å²) in [6.07, 6.45) is -3.12. The zero-order chi connectivity index (χ0) is 15.3. The SMILES string of the molecule is NNc1ccc(COc2ccc(OC(F)(F)F)cc2)cn1. The van der Waals surface area contributed by atoms with Gasteiger partial charge in [0.05, 0.1) is 0 Å². The van der Waals surface area contributed by atoms with E-state index in [1.54, 1.807) is 18.3 Å². The largest absolute Gasteiger partial charge is 0.573 e. The van der Waals surface area contributed by atoms with Gasteiger partial charge in [-0.2, -0.15) is 0 Å². The van der Waals surface area contributed by atoms with E-state index < -0.39 is 6.36 Å². The van der Waals surface area contributed by atoms with Crippen molar-refractivity contribution in [2.75, 3.05) is 5.43 Å². The zero-order valence-electron chi connectivity index (χ0n) is 10.7. The number of hydrogen-bond acceptors (Lipinski definition) is 5. The summed E-state index contributed by atoms with van der Waals surface area (Å²) in [7, 11) is 0. The van der Waals surface area contributed by atoms with E-state index >= 15 is 0 Å². The minimum atomic E-state index is -4.70. The summed E-state index contributed by atoms with van der Waals surface area (Å²) < 4.78 is 45.2. The van der Waals surface area contributed by atoms with E-state index in [0.717, 1.165) is 5.56 Å². The average Bonchev–Trinajstić information content (AvgIpc) is 2.45. The van der Waals surface area contributed by atoms with Gasteiger partial charge < -0.3 is 14.9 Å². The lowest BCUT2D eigenvalue weighted by molar-refractivity contribution is -0.274. The molecule has 0 saturated carbocycles. The second kappa shape index (κ2) is 6.31. The first-order chi connectivity index (χ1) is 9.96. The van der Waals surface area contributed by atoms with E-state index in [-0.39, 0.29) is 12.4 Å². The molecule has 0 amide bonds. The molecule has 0 saturated heterocycles. The number of benzene rings is 1. The summed E-state index contributed by atoms with van der Waals surface area (Å²) >= 11 is 0. The van der Waals surface area contributed by atoms with Gasteiger partial charge in [-0.05, 0) is 30.3 Å². The molecule has 112 valence electrons. The lowest BCUT2D eigenvalue weighted by Crippen LogP contribution is -2.16. The maximum absolute atomic E-state index is 12.0. The molecule has 2 aromatic rings. The van der Waals surface area contributed by atoms with E-state index in [0.29, 0.717) is 11.6 Å². The van der Waals surface area contributed by atoms with E-state index in [2.05, 4.69) is 15.1 Å². The molecule has 1 aromatic heterocycles. The molecule has 0 radical (unpaired) electrons. The standard InChI is InChI=1S/C13H12F3N3O2/c14-13(15,16)21-11-4-2-10(3-5-11)20-8-9-1-6-12(19-17)18-7-9/h1-7H,8,17H2,(H,18,19). The van der Waals surface area contributed by atoms with Crippen molar-refractivity contribution in [3.63, 3.8) is 0 Å². The highest BCUT2D eigenvalue weighted by Gasteiger charge is 2.30. The van der Waals surface area contributed by atoms with E-state index in [1.165, 1.54) is 24.3 Å². The first kappa shape index (κ1) is 14.9. The van der Waals surface area contributed by atoms with Crippen LogP contribution in [0.2, 0.25) is 0 Å². The number of nitrogens with two attached hydrogens (primary N) is 1. The minimum absolute atomic E-state index is 0.233. The third kappa shape index (κ3) is 4.84. The maximum Gasteiger partial charge on any atom is 0.573 e. The quantitative estimate of drug-likeness (QED) is 0.656. The van der Waals surface area contributed by atoms with Crippen molar-refractivity contribution in [3.8, 4) is 11.5 Å². The monoisotopic (exact) mass is 299 g/mol. The number of rotatable bonds is 5. The van der Waals surface area contributed by atoms with Crippen LogP contribution in [-0.4, -0.2) is 11.3 Å². The Hall–Kier alpha value is -2.48. The molecule has 8 heteroatoms. The molecule has 5 nitrogen and oxygen atoms in total. The van der Waals surface area contributed by atoms with Crippen molar-refractivity contribution >= 4 is 5.82 Å². The molecular weight excluding hydrogens is 287 g/mol. The summed E-state index contributed by atoms with van der Waals surface area (Å²) in [4.78, 5) is 4.00. The molecule has 0 unspecified atom stereocenters. The fourth-order valence-corrected chi connectivity index (χ4v) is 1.50. The fraction of sp³-hybridized carbons (Fsp3) is 0.154. The van der Waals surface area contributed by atoms with Gasteiger partial charge in [0.1, 0.15) is 23.9 Å². The highest BCUT2D eigenvalue weighted by atomic mass is 19.4. The molecule has 0 aliphatic heterocycles. The van der Waals surface area contributed by atoms with Crippen molar-refractivity contribution < 1.29 is 22.6 Å². The molecular formula is C13H12F3N3O2. The van der Waals surface area contributed by atoms with Crippen LogP contribution in [0.1, 0.15) is 5.56 Å². The number of halogens is 3. The second-order valence-corrected chi connectivity index (χ2v) is 4.00. The van der Waals surface area contributed by atoms with Crippen LogP contribution in [0, 0.1) is 0 Å². The van der Waals surface area contributed by atoms with Gasteiger partial charge in [-0.15, -0.1) is 13.2 Å². The Labute approximate surface area is 118 Å². The predicted octanol–water partition coefficient (Wildman–Crippen LogP) is 2.84. The number of nitrogens with zero attached hydrogens (tertiary/aromatic N) is 1. The van der Waals surface area contributed by atoms with Crippen molar-refractivity contribution in [2.24, 2.45) is 5.84 Å². The van der Waals surface area contributed by atoms with E-state index in [1.807, 2.05) is 0 Å². The molecule has 0 aliphatic rings. The Kier molecular flexibility index (Phi) is 4.49. The fourth-order valence-electron chi connectivity index (χ4n) is 1.50. The van der Waals surface area contributed by atoms with Gasteiger partial charge in [0.2, 0.25) is 0 Å². The van der Waals surface area contributed by atoms with Crippen LogP contribution in [0.5, 0.6) is 11.5 Å². The number of pyridine rings is 1. The van der Waals surface area contributed by atoms with Crippen LogP contribution in [0.3, 0.4) is 0 Å². The van der Waals surface area contributed by atoms with Crippen molar-refractivity contribution in [3.05, 3.63) is 48.2 Å². The lowest BCUT2D eigenvalue weighted by Gasteiger charge is -2.10. The Bertz CT molecular complexity index is 571. The van der Waals surface area contributed by atoms with Crippen molar-refractivity contribution in [1.82, 2.24) is 4.98 Å². The summed E-state index contributed by atoms with van der Waals surface area (Å²) in [5.74, 6) is 5.83. The summed E-state index contributed by atoms with van der Waals surface area (Å²) in [5.41, 5.74) is 3.19. The van der Waals surface area contributed by atoms with Crippen molar-refractivity contribution in [2.45, 2.75) is 13.0 Å². The zero-order valence-corrected chi connectivity index (χ0v) is 10.7. The van der Waals surface area contributed by atoms with Crippen LogP contribution in [0.4, 0.5) is 19.0 Å². The lowest BCUT2D eigenvalue weighted by atomic mass is 10.3. The molecule has 0 fully saturated rings. The summed E-state index contributed by atoms with van der Waals surface area (Å²) in [6.45, 7) is 0.233. The first-order valence-corrected chi connectivity index (χ1v) is 5.86. The smallest absolute Gasteiger partial charge is 0.489 e. The Balaban J connectivity index is 1.91. The van der Waals surface area contributed by atoms with Gasteiger partial charge in [0.15, 0.2) is 0 Å². The molecule has 3 N–H and O–H groups in total. The number of hydrazine groups is 1. The molecule has 0 spiro atoms. The number of ether oxygens (including phenoxy) is 2. The molecule has 1 heterocycles. The second-order valence-electron chi connectivity index (χ2n) is 4.00. The number of nitrogen functional groups attached to an aromatic ring is 1. The Morgan fingerprint density at radius 1 is 1.05 bits per heavy atom. The third-order valence-electron chi connectivity index (χ3n) is 2.44. The molecule has 0 atom stereocenters. The van der Waals surface area contributed by atoms with Gasteiger partial charge >= 0.3 is 6.36 Å². The van der Waals surface area contributed by atoms with Gasteiger partial charge in [-0.1, -0.05) is 6.07 Å². The number of nitrogens with one attached hydrogen (secondary N) is 1. The first-order valence-electron chi connectivity index (χ1n) is 5.86. The van der Waals surface area contributed by atoms with Gasteiger partial charge in [-0.3, -0.25) is 0 Å². The molecule has 0 aliphatic carbocycles. The van der Waals surface area contributed by atoms with E-state index in [4.69, 9.17) is 10.6 Å². The third-order valence-corrected chi connectivity index (χ3v) is 2.44. The van der Waals surface area contributed by atoms with Gasteiger partial charge in [0.25, 0.3) is 0 Å². The number of aromatic nitrogens is 1. The molecule has 1 aromatic carbocycles. The predicted molar refractivity (Wildman–Crippen MR) is 69.5 cm³/mol. The van der Waals surface area contributed by atoms with Crippen LogP contribution < -0.4 is 20.7 Å². The summed E-state index contributed by atoms with van der Waals surface area (Å²) in [6, 6.07) is 8.60. The van der Waals surface area contributed by atoms with Crippen LogP contribution in [-0.2, 0) is 6.61 Å². The maximum atomic E-state index is 12.0. The average molecular weight is 299 g/mol. The van der Waals surface area contributed by atoms with Crippen LogP contribution in [0.15, 0.2) is 42.6 Å². The highest BCUT2D eigenvalue weighted by molar-refractivity contribution is 5.34. The number of hydrogen-bond donors (Lipinski definition) is 2. The molecule has 2 rings (SSSR count). The number of anilines is 1. The van der Waals surface area contributed by atoms with Gasteiger partial charge in [0, 0.05) is 11.8 Å². The highest BCUT2D eigenvalue weighted by Crippen LogP contribution is 2.25. The van der Waals surface area contributed by atoms with E-state index in [9.17, 15) is 13.2 Å². The van der Waals surface area contributed by atoms with Gasteiger partial charge in [-0.25, -0.2) is 10.8 Å². The Morgan fingerprint density at radius 3 is 2.24 bits per heavy atom. The summed E-state index contributed by atoms with van der Waals surface area (Å²) in [5, 5.41) is 0. The minimum Gasteiger partial charge on any atom is -0.489 e. The normalized spacial score (nSPS) is 11.0. The van der Waals surface area contributed by atoms with Crippen molar-refractivity contribution in [1.29, 1.82) is 0 Å². The van der Waals surface area contributed by atoms with Crippen LogP contribution in [0.25, 0.3) is 0 Å². The molecule has 21 heavy (non-hydrogen) atoms. The topological polar surface area (TPSA) is 69.4 Å². The Morgan fingerprint density at radius 2 is 1.71 bits per heavy atom. The molecule has 0 bridgehead atoms. The van der Waals surface area contributed by atoms with Crippen LogP contribution >= 0.6 is 0 Å². The number of alkyl halides is 3.